The predicted octanol–water partition coefficient (Wildman–Crippen LogP) is 3.24. The number of carbonyl (C=O) groups excluding carboxylic acids is 2. The first kappa shape index (κ1) is 23.1. The van der Waals surface area contributed by atoms with Crippen LogP contribution in [-0.4, -0.2) is 39.8 Å². The number of carbonyl (C=O) groups is 2. The molecule has 7 heteroatoms. The van der Waals surface area contributed by atoms with Gasteiger partial charge in [-0.05, 0) is 42.2 Å². The molecule has 0 unspecified atom stereocenters. The summed E-state index contributed by atoms with van der Waals surface area (Å²) in [6.07, 6.45) is 0.931. The molecule has 0 aliphatic carbocycles. The number of esters is 1. The SMILES string of the molecule is CCc1ccc([C@H](C)NC(=O)COC(=O)Cc2cc(OC)c(OC)c(OC)c2)cc1. The third-order valence-corrected chi connectivity index (χ3v) is 4.70. The summed E-state index contributed by atoms with van der Waals surface area (Å²) in [7, 11) is 4.51. The molecule has 2 rings (SSSR count). The lowest BCUT2D eigenvalue weighted by Gasteiger charge is -2.15. The number of ether oxygens (including phenoxy) is 4. The molecule has 0 fully saturated rings. The molecule has 0 aliphatic heterocycles. The molecule has 162 valence electrons. The summed E-state index contributed by atoms with van der Waals surface area (Å²) < 4.78 is 20.9. The fourth-order valence-electron chi connectivity index (χ4n) is 3.01. The lowest BCUT2D eigenvalue weighted by Crippen LogP contribution is -2.31. The molecule has 0 bridgehead atoms. The van der Waals surface area contributed by atoms with Crippen LogP contribution in [0.3, 0.4) is 0 Å². The highest BCUT2D eigenvalue weighted by Gasteiger charge is 2.17. The molecule has 7 nitrogen and oxygen atoms in total. The first-order valence-electron chi connectivity index (χ1n) is 9.74. The lowest BCUT2D eigenvalue weighted by molar-refractivity contribution is -0.148. The number of nitrogens with one attached hydrogen (secondary N) is 1. The van der Waals surface area contributed by atoms with E-state index in [0.29, 0.717) is 22.8 Å². The highest BCUT2D eigenvalue weighted by atomic mass is 16.5. The molecule has 1 N–H and O–H groups in total. The Morgan fingerprint density at radius 2 is 1.53 bits per heavy atom. The standard InChI is InChI=1S/C23H29NO6/c1-6-16-7-9-18(10-8-16)15(2)24-21(25)14-30-22(26)13-17-11-19(27-3)23(29-5)20(12-17)28-4/h7-12,15H,6,13-14H2,1-5H3,(H,24,25)/t15-/m0/s1. The monoisotopic (exact) mass is 415 g/mol. The zero-order chi connectivity index (χ0) is 22.1. The first-order valence-corrected chi connectivity index (χ1v) is 9.74. The molecule has 0 spiro atoms. The average molecular weight is 415 g/mol. The Hall–Kier alpha value is -3.22. The van der Waals surface area contributed by atoms with Crippen molar-refractivity contribution in [3.63, 3.8) is 0 Å². The maximum Gasteiger partial charge on any atom is 0.310 e. The van der Waals surface area contributed by atoms with E-state index in [1.807, 2.05) is 31.2 Å². The van der Waals surface area contributed by atoms with Crippen LogP contribution in [0.1, 0.15) is 36.6 Å². The molecule has 0 aromatic heterocycles. The number of benzene rings is 2. The summed E-state index contributed by atoms with van der Waals surface area (Å²) in [5, 5.41) is 2.83. The van der Waals surface area contributed by atoms with Gasteiger partial charge >= 0.3 is 5.97 Å². The number of rotatable bonds is 10. The van der Waals surface area contributed by atoms with Crippen molar-refractivity contribution in [2.75, 3.05) is 27.9 Å². The molecular formula is C23H29NO6. The summed E-state index contributed by atoms with van der Waals surface area (Å²) in [4.78, 5) is 24.3. The summed E-state index contributed by atoms with van der Waals surface area (Å²) in [6.45, 7) is 3.63. The van der Waals surface area contributed by atoms with E-state index in [0.717, 1.165) is 12.0 Å². The minimum atomic E-state index is -0.528. The van der Waals surface area contributed by atoms with Crippen molar-refractivity contribution in [1.29, 1.82) is 0 Å². The number of hydrogen-bond donors (Lipinski definition) is 1. The Bertz CT molecular complexity index is 837. The van der Waals surface area contributed by atoms with Crippen LogP contribution in [0.4, 0.5) is 0 Å². The molecule has 2 aromatic carbocycles. The quantitative estimate of drug-likeness (QED) is 0.600. The van der Waals surface area contributed by atoms with E-state index < -0.39 is 5.97 Å². The van der Waals surface area contributed by atoms with Gasteiger partial charge in [-0.25, -0.2) is 0 Å². The minimum absolute atomic E-state index is 0.0297. The van der Waals surface area contributed by atoms with Gasteiger partial charge < -0.3 is 24.3 Å². The van der Waals surface area contributed by atoms with Crippen molar-refractivity contribution < 1.29 is 28.5 Å². The first-order chi connectivity index (χ1) is 14.4. The highest BCUT2D eigenvalue weighted by molar-refractivity contribution is 5.81. The van der Waals surface area contributed by atoms with Crippen LogP contribution >= 0.6 is 0 Å². The van der Waals surface area contributed by atoms with Crippen molar-refractivity contribution in [3.05, 3.63) is 53.1 Å². The second-order valence-electron chi connectivity index (χ2n) is 6.76. The Kier molecular flexibility index (Phi) is 8.53. The molecule has 0 heterocycles. The zero-order valence-electron chi connectivity index (χ0n) is 18.1. The van der Waals surface area contributed by atoms with E-state index >= 15 is 0 Å². The van der Waals surface area contributed by atoms with Crippen LogP contribution in [-0.2, 0) is 27.2 Å². The van der Waals surface area contributed by atoms with Crippen LogP contribution in [0.5, 0.6) is 17.2 Å². The Morgan fingerprint density at radius 1 is 0.933 bits per heavy atom. The van der Waals surface area contributed by atoms with E-state index in [1.165, 1.54) is 26.9 Å². The van der Waals surface area contributed by atoms with Gasteiger partial charge in [0.1, 0.15) is 0 Å². The fourth-order valence-corrected chi connectivity index (χ4v) is 3.01. The molecule has 0 saturated carbocycles. The van der Waals surface area contributed by atoms with Crippen molar-refractivity contribution in [2.45, 2.75) is 32.7 Å². The predicted molar refractivity (Wildman–Crippen MR) is 113 cm³/mol. The van der Waals surface area contributed by atoms with Crippen molar-refractivity contribution in [1.82, 2.24) is 5.32 Å². The van der Waals surface area contributed by atoms with E-state index in [2.05, 4.69) is 12.2 Å². The molecule has 0 saturated heterocycles. The van der Waals surface area contributed by atoms with Gasteiger partial charge in [-0.1, -0.05) is 31.2 Å². The van der Waals surface area contributed by atoms with Gasteiger partial charge in [0.15, 0.2) is 18.1 Å². The van der Waals surface area contributed by atoms with Crippen LogP contribution < -0.4 is 19.5 Å². The highest BCUT2D eigenvalue weighted by Crippen LogP contribution is 2.38. The van der Waals surface area contributed by atoms with E-state index in [4.69, 9.17) is 18.9 Å². The third-order valence-electron chi connectivity index (χ3n) is 4.70. The van der Waals surface area contributed by atoms with Gasteiger partial charge in [0.25, 0.3) is 5.91 Å². The summed E-state index contributed by atoms with van der Waals surface area (Å²) in [5.41, 5.74) is 2.85. The zero-order valence-corrected chi connectivity index (χ0v) is 18.1. The maximum atomic E-state index is 12.2. The summed E-state index contributed by atoms with van der Waals surface area (Å²) in [5.74, 6) is 0.442. The van der Waals surface area contributed by atoms with Gasteiger partial charge in [-0.15, -0.1) is 0 Å². The Labute approximate surface area is 177 Å². The van der Waals surface area contributed by atoms with E-state index in [-0.39, 0.29) is 25.0 Å². The van der Waals surface area contributed by atoms with Gasteiger partial charge in [0.2, 0.25) is 5.75 Å². The molecule has 0 radical (unpaired) electrons. The summed E-state index contributed by atoms with van der Waals surface area (Å²) in [6, 6.07) is 11.2. The maximum absolute atomic E-state index is 12.2. The number of amides is 1. The fraction of sp³-hybridized carbons (Fsp3) is 0.391. The molecule has 0 aliphatic rings. The number of hydrogen-bond acceptors (Lipinski definition) is 6. The van der Waals surface area contributed by atoms with Crippen molar-refractivity contribution in [2.24, 2.45) is 0 Å². The van der Waals surface area contributed by atoms with Gasteiger partial charge in [-0.3, -0.25) is 9.59 Å². The molecule has 30 heavy (non-hydrogen) atoms. The summed E-state index contributed by atoms with van der Waals surface area (Å²) >= 11 is 0. The average Bonchev–Trinajstić information content (AvgIpc) is 2.76. The van der Waals surface area contributed by atoms with Gasteiger partial charge in [0, 0.05) is 0 Å². The Morgan fingerprint density at radius 3 is 2.03 bits per heavy atom. The topological polar surface area (TPSA) is 83.1 Å². The number of methoxy groups -OCH3 is 3. The third kappa shape index (κ3) is 6.14. The molecular weight excluding hydrogens is 386 g/mol. The molecule has 2 aromatic rings. The van der Waals surface area contributed by atoms with Crippen LogP contribution in [0.25, 0.3) is 0 Å². The van der Waals surface area contributed by atoms with E-state index in [1.54, 1.807) is 12.1 Å². The van der Waals surface area contributed by atoms with Crippen molar-refractivity contribution in [3.8, 4) is 17.2 Å². The second kappa shape index (κ2) is 11.1. The molecule has 1 amide bonds. The van der Waals surface area contributed by atoms with Crippen LogP contribution in [0.2, 0.25) is 0 Å². The van der Waals surface area contributed by atoms with Gasteiger partial charge in [0.05, 0.1) is 33.8 Å². The second-order valence-corrected chi connectivity index (χ2v) is 6.76. The largest absolute Gasteiger partial charge is 0.493 e. The minimum Gasteiger partial charge on any atom is -0.493 e. The van der Waals surface area contributed by atoms with E-state index in [9.17, 15) is 9.59 Å². The van der Waals surface area contributed by atoms with Gasteiger partial charge in [-0.2, -0.15) is 0 Å². The lowest BCUT2D eigenvalue weighted by atomic mass is 10.1. The normalized spacial score (nSPS) is 11.4. The number of aryl methyl sites for hydroxylation is 1. The van der Waals surface area contributed by atoms with Crippen LogP contribution in [0.15, 0.2) is 36.4 Å². The molecule has 1 atom stereocenters. The van der Waals surface area contributed by atoms with Crippen molar-refractivity contribution >= 4 is 11.9 Å². The van der Waals surface area contributed by atoms with Crippen LogP contribution in [0, 0.1) is 0 Å². The smallest absolute Gasteiger partial charge is 0.310 e. The Balaban J connectivity index is 1.90.